The van der Waals surface area contributed by atoms with Crippen LogP contribution in [0.25, 0.3) is 0 Å². The third-order valence-electron chi connectivity index (χ3n) is 15.8. The monoisotopic (exact) mass is 1040 g/mol. The van der Waals surface area contributed by atoms with Gasteiger partial charge in [-0.05, 0) is 98.8 Å². The number of amides is 4. The molecule has 10 atom stereocenters. The van der Waals surface area contributed by atoms with E-state index in [0.29, 0.717) is 51.4 Å². The molecule has 4 amide bonds. The number of allylic oxidation sites excluding steroid dienone is 3. The summed E-state index contributed by atoms with van der Waals surface area (Å²) in [4.78, 5) is 71.8. The van der Waals surface area contributed by atoms with Gasteiger partial charge in [0.15, 0.2) is 22.4 Å². The van der Waals surface area contributed by atoms with Gasteiger partial charge < -0.3 is 23.4 Å². The van der Waals surface area contributed by atoms with Crippen LogP contribution in [0.15, 0.2) is 60.8 Å². The van der Waals surface area contributed by atoms with Crippen LogP contribution in [-0.2, 0) is 47.1 Å². The van der Waals surface area contributed by atoms with Gasteiger partial charge in [-0.1, -0.05) is 112 Å². The number of nitrogens with one attached hydrogen (secondary N) is 2. The van der Waals surface area contributed by atoms with Crippen molar-refractivity contribution in [3.63, 3.8) is 0 Å². The molecule has 0 radical (unpaired) electrons. The van der Waals surface area contributed by atoms with E-state index in [1.165, 1.54) is 0 Å². The van der Waals surface area contributed by atoms with Crippen LogP contribution in [0.5, 0.6) is 0 Å². The molecule has 0 spiro atoms. The zero-order valence-electron chi connectivity index (χ0n) is 48.0. The fraction of sp³-hybridized carbons (Fsp3) is 0.719. The average Bonchev–Trinajstić information content (AvgIpc) is 3.26. The Morgan fingerprint density at radius 1 is 0.667 bits per heavy atom. The molecule has 0 aromatic heterocycles. The van der Waals surface area contributed by atoms with Gasteiger partial charge in [0.25, 0.3) is 0 Å². The molecule has 2 heterocycles. The van der Waals surface area contributed by atoms with Crippen molar-refractivity contribution in [3.8, 4) is 0 Å². The van der Waals surface area contributed by atoms with Crippen LogP contribution in [-0.4, -0.2) is 102 Å². The van der Waals surface area contributed by atoms with Crippen LogP contribution in [0.3, 0.4) is 0 Å². The van der Waals surface area contributed by atoms with Crippen molar-refractivity contribution in [1.29, 1.82) is 0 Å². The van der Waals surface area contributed by atoms with E-state index in [1.54, 1.807) is 45.4 Å². The first-order valence-corrected chi connectivity index (χ1v) is 32.0. The fourth-order valence-corrected chi connectivity index (χ4v) is 11.4. The molecule has 2 aliphatic heterocycles. The first-order chi connectivity index (χ1) is 33.1. The molecule has 2 aliphatic rings. The highest BCUT2D eigenvalue weighted by molar-refractivity contribution is 6.74. The van der Waals surface area contributed by atoms with Gasteiger partial charge in [0.2, 0.25) is 23.6 Å². The summed E-state index contributed by atoms with van der Waals surface area (Å²) in [7, 11) is -0.825. The number of hydrogen-bond donors (Lipinski definition) is 3. The Morgan fingerprint density at radius 3 is 1.43 bits per heavy atom. The molecule has 2 unspecified atom stereocenters. The number of hydrogen-bond acceptors (Lipinski definition) is 11. The van der Waals surface area contributed by atoms with Crippen molar-refractivity contribution in [3.05, 3.63) is 60.8 Å². The van der Waals surface area contributed by atoms with E-state index in [-0.39, 0.29) is 105 Å². The van der Waals surface area contributed by atoms with E-state index in [4.69, 9.17) is 18.3 Å². The van der Waals surface area contributed by atoms with Gasteiger partial charge in [-0.3, -0.25) is 39.4 Å². The largest absolute Gasteiger partial charge is 0.410 e. The molecular formula is C57H98N2O11Si2. The fourth-order valence-electron chi connectivity index (χ4n) is 8.59. The topological polar surface area (TPSA) is 184 Å². The molecule has 0 aliphatic carbocycles. The lowest BCUT2D eigenvalue weighted by atomic mass is 9.83. The number of carbonyl (C=O) groups excluding carboxylic acids is 6. The number of piperidine rings is 2. The Hall–Kier alpha value is -3.45. The molecule has 2 rings (SSSR count). The molecule has 3 N–H and O–H groups in total. The van der Waals surface area contributed by atoms with E-state index >= 15 is 0 Å². The number of Topliss-reactive ketones (excluding diaryl/α,β-unsaturated/α-hetero) is 1. The minimum Gasteiger partial charge on any atom is -0.410 e. The van der Waals surface area contributed by atoms with Gasteiger partial charge in [0.05, 0.1) is 18.3 Å². The third-order valence-corrected chi connectivity index (χ3v) is 24.8. The van der Waals surface area contributed by atoms with E-state index < -0.39 is 28.7 Å². The lowest BCUT2D eigenvalue weighted by Gasteiger charge is -2.42. The maximum absolute atomic E-state index is 12.9. The van der Waals surface area contributed by atoms with Gasteiger partial charge in [-0.2, -0.15) is 0 Å². The molecule has 2 fully saturated rings. The number of aliphatic hydroxyl groups excluding tert-OH is 1. The molecular weight excluding hydrogens is 945 g/mol. The first-order valence-electron chi connectivity index (χ1n) is 26.2. The number of ether oxygens (including phenoxy) is 2. The van der Waals surface area contributed by atoms with E-state index in [0.717, 1.165) is 11.1 Å². The van der Waals surface area contributed by atoms with Crippen LogP contribution >= 0.6 is 0 Å². The Bertz CT molecular complexity index is 1910. The maximum atomic E-state index is 12.9. The number of rotatable bonds is 27. The highest BCUT2D eigenvalue weighted by Crippen LogP contribution is 2.41. The lowest BCUT2D eigenvalue weighted by molar-refractivity contribution is -0.136. The summed E-state index contributed by atoms with van der Waals surface area (Å²) >= 11 is 0. The molecule has 0 aromatic carbocycles. The Kier molecular flexibility index (Phi) is 27.4. The molecule has 13 nitrogen and oxygen atoms in total. The van der Waals surface area contributed by atoms with Crippen LogP contribution in [0.2, 0.25) is 36.3 Å². The Morgan fingerprint density at radius 2 is 1.06 bits per heavy atom. The van der Waals surface area contributed by atoms with E-state index in [1.807, 2.05) is 26.8 Å². The van der Waals surface area contributed by atoms with Crippen molar-refractivity contribution in [2.75, 3.05) is 14.2 Å². The Labute approximate surface area is 437 Å². The summed E-state index contributed by atoms with van der Waals surface area (Å²) in [5.74, 6) is -1.72. The van der Waals surface area contributed by atoms with Crippen molar-refractivity contribution in [2.24, 2.45) is 41.4 Å². The highest BCUT2D eigenvalue weighted by Gasteiger charge is 2.43. The quantitative estimate of drug-likeness (QED) is 0.0308. The summed E-state index contributed by atoms with van der Waals surface area (Å²) in [6.45, 7) is 43.9. The normalized spacial score (nSPS) is 20.4. The van der Waals surface area contributed by atoms with Gasteiger partial charge in [-0.25, -0.2) is 0 Å². The van der Waals surface area contributed by atoms with Crippen LogP contribution in [0, 0.1) is 41.4 Å². The van der Waals surface area contributed by atoms with Gasteiger partial charge >= 0.3 is 0 Å². The maximum Gasteiger partial charge on any atom is 0.226 e. The predicted octanol–water partition coefficient (Wildman–Crippen LogP) is 10.9. The second-order valence-electron chi connectivity index (χ2n) is 23.8. The number of carbonyl (C=O) groups is 6. The highest BCUT2D eigenvalue weighted by atomic mass is 28.4. The molecule has 15 heteroatoms. The third kappa shape index (κ3) is 21.1. The number of methoxy groups -OCH3 is 2. The second-order valence-corrected chi connectivity index (χ2v) is 33.3. The first kappa shape index (κ1) is 66.6. The molecule has 0 saturated carbocycles. The van der Waals surface area contributed by atoms with Gasteiger partial charge in [0.1, 0.15) is 18.0 Å². The average molecular weight is 1040 g/mol. The standard InChI is InChI=1S/C29H49NO5Si.C28H49NO6Si/c1-12-25(34-9)28(35-36(10,11)29(6,7)8)20(3)16-19(2)21(4)22(5)24(31)15-13-14-23-17-26(32)30-27(33)18-23;1-11-23(34-8)27(35-36(9,10)28(5,6)7)19(3)15-18(2)26(33)20(4)22(30)14-12-13-21-16-24(31)29-25(32)17-21/h12-13,15-16,20-23,25,28H,1,14,17-18H2,2-11H3,(H,30,32,33);11,15,19-21,23,26-27,33H,1,12-14,16-17H2,2-10H3,(H,29,31,32)/b15-13+,19-16-;18-15-/t20-,21?,22+,25+,28+;19-,20-,23+,26?,27+/m11/s1. The van der Waals surface area contributed by atoms with E-state index in [2.05, 4.69) is 118 Å². The smallest absolute Gasteiger partial charge is 0.226 e. The minimum absolute atomic E-state index is 0.0156. The number of ketones is 2. The van der Waals surface area contributed by atoms with Gasteiger partial charge in [0, 0.05) is 70.0 Å². The summed E-state index contributed by atoms with van der Waals surface area (Å²) in [6.07, 6.45) is 12.7. The van der Waals surface area contributed by atoms with Crippen molar-refractivity contribution in [1.82, 2.24) is 10.6 Å². The summed E-state index contributed by atoms with van der Waals surface area (Å²) < 4.78 is 24.9. The molecule has 0 aromatic rings. The number of imide groups is 2. The zero-order chi connectivity index (χ0) is 55.7. The van der Waals surface area contributed by atoms with Crippen LogP contribution in [0.4, 0.5) is 0 Å². The van der Waals surface area contributed by atoms with Crippen molar-refractivity contribution in [2.45, 2.75) is 208 Å². The zero-order valence-corrected chi connectivity index (χ0v) is 50.0. The SMILES string of the molecule is C=C[C@H](OC)[C@@H](O[Si](C)(C)C(C)(C)C)[C@H](C)/C=C(/C)C(C)[C@H](C)C(=O)/C=C/CC1CC(=O)NC(=O)C1.C=C[C@H](OC)[C@@H](O[Si](C)(C)C(C)(C)C)[C@H](C)/C=C(/C)C(O)[C@H](C)C(=O)CCCC1CC(=O)NC(=O)C1. The van der Waals surface area contributed by atoms with Gasteiger partial charge in [-0.15, -0.1) is 13.2 Å². The Balaban J connectivity index is 0.000000720. The minimum atomic E-state index is -2.10. The van der Waals surface area contributed by atoms with Crippen molar-refractivity contribution < 1.29 is 52.2 Å². The number of aliphatic hydroxyl groups is 1. The van der Waals surface area contributed by atoms with E-state index in [9.17, 15) is 33.9 Å². The summed E-state index contributed by atoms with van der Waals surface area (Å²) in [6, 6.07) is 0. The van der Waals surface area contributed by atoms with Crippen molar-refractivity contribution >= 4 is 51.8 Å². The summed E-state index contributed by atoms with van der Waals surface area (Å²) in [5, 5.41) is 15.7. The predicted molar refractivity (Wildman–Crippen MR) is 295 cm³/mol. The molecule has 2 saturated heterocycles. The molecule has 410 valence electrons. The van der Waals surface area contributed by atoms with Crippen LogP contribution < -0.4 is 10.6 Å². The summed E-state index contributed by atoms with van der Waals surface area (Å²) in [5.41, 5.74) is 1.86. The second kappa shape index (κ2) is 29.6. The molecule has 0 bridgehead atoms. The molecule has 72 heavy (non-hydrogen) atoms. The lowest BCUT2D eigenvalue weighted by Crippen LogP contribution is -2.49. The van der Waals surface area contributed by atoms with Crippen LogP contribution in [0.1, 0.15) is 141 Å².